The maximum absolute atomic E-state index is 11.6. The SMILES string of the molecule is CCc1ccc(/C=C/C(=O)NCCC(O)COC)cc1. The number of methoxy groups -OCH3 is 1. The van der Waals surface area contributed by atoms with E-state index in [2.05, 4.69) is 24.4 Å². The second-order valence-electron chi connectivity index (χ2n) is 4.62. The average molecular weight is 277 g/mol. The molecule has 1 aromatic carbocycles. The van der Waals surface area contributed by atoms with E-state index in [4.69, 9.17) is 4.74 Å². The van der Waals surface area contributed by atoms with Crippen molar-refractivity contribution in [3.63, 3.8) is 0 Å². The van der Waals surface area contributed by atoms with E-state index in [0.717, 1.165) is 12.0 Å². The first kappa shape index (κ1) is 16.4. The number of hydrogen-bond donors (Lipinski definition) is 2. The Balaban J connectivity index is 2.32. The van der Waals surface area contributed by atoms with E-state index < -0.39 is 6.10 Å². The van der Waals surface area contributed by atoms with Crippen molar-refractivity contribution in [2.45, 2.75) is 25.9 Å². The lowest BCUT2D eigenvalue weighted by Gasteiger charge is -2.08. The fraction of sp³-hybridized carbons (Fsp3) is 0.438. The summed E-state index contributed by atoms with van der Waals surface area (Å²) < 4.78 is 4.81. The monoisotopic (exact) mass is 277 g/mol. The van der Waals surface area contributed by atoms with Crippen LogP contribution in [0.25, 0.3) is 6.08 Å². The van der Waals surface area contributed by atoms with Crippen LogP contribution in [-0.2, 0) is 16.0 Å². The number of nitrogens with one attached hydrogen (secondary N) is 1. The van der Waals surface area contributed by atoms with Crippen LogP contribution < -0.4 is 5.32 Å². The normalized spacial score (nSPS) is 12.6. The summed E-state index contributed by atoms with van der Waals surface area (Å²) >= 11 is 0. The maximum Gasteiger partial charge on any atom is 0.244 e. The molecule has 1 unspecified atom stereocenters. The van der Waals surface area contributed by atoms with Crippen molar-refractivity contribution in [1.29, 1.82) is 0 Å². The van der Waals surface area contributed by atoms with Crippen LogP contribution in [-0.4, -0.2) is 37.4 Å². The molecule has 2 N–H and O–H groups in total. The molecule has 0 aliphatic rings. The lowest BCUT2D eigenvalue weighted by atomic mass is 10.1. The first-order chi connectivity index (χ1) is 9.65. The quantitative estimate of drug-likeness (QED) is 0.712. The number of aliphatic hydroxyl groups is 1. The Morgan fingerprint density at radius 3 is 2.70 bits per heavy atom. The van der Waals surface area contributed by atoms with Gasteiger partial charge >= 0.3 is 0 Å². The van der Waals surface area contributed by atoms with Gasteiger partial charge in [-0.05, 0) is 30.0 Å². The van der Waals surface area contributed by atoms with Crippen LogP contribution in [0, 0.1) is 0 Å². The van der Waals surface area contributed by atoms with Gasteiger partial charge in [0.15, 0.2) is 0 Å². The predicted molar refractivity (Wildman–Crippen MR) is 80.4 cm³/mol. The molecule has 1 amide bonds. The van der Waals surface area contributed by atoms with Crippen molar-refractivity contribution >= 4 is 12.0 Å². The molecule has 0 aromatic heterocycles. The van der Waals surface area contributed by atoms with E-state index in [9.17, 15) is 9.90 Å². The molecule has 110 valence electrons. The number of aliphatic hydroxyl groups excluding tert-OH is 1. The summed E-state index contributed by atoms with van der Waals surface area (Å²) in [5.41, 5.74) is 2.27. The number of aryl methyl sites for hydroxylation is 1. The summed E-state index contributed by atoms with van der Waals surface area (Å²) in [4.78, 5) is 11.6. The molecule has 0 aliphatic heterocycles. The third-order valence-corrected chi connectivity index (χ3v) is 2.95. The lowest BCUT2D eigenvalue weighted by molar-refractivity contribution is -0.116. The number of benzene rings is 1. The minimum atomic E-state index is -0.536. The molecule has 0 aliphatic carbocycles. The van der Waals surface area contributed by atoms with Gasteiger partial charge in [-0.25, -0.2) is 0 Å². The second-order valence-corrected chi connectivity index (χ2v) is 4.62. The van der Waals surface area contributed by atoms with Crippen LogP contribution in [0.15, 0.2) is 30.3 Å². The molecule has 0 radical (unpaired) electrons. The largest absolute Gasteiger partial charge is 0.391 e. The van der Waals surface area contributed by atoms with Gasteiger partial charge in [0.2, 0.25) is 5.91 Å². The molecule has 1 rings (SSSR count). The molecule has 20 heavy (non-hydrogen) atoms. The van der Waals surface area contributed by atoms with Crippen LogP contribution in [0.5, 0.6) is 0 Å². The lowest BCUT2D eigenvalue weighted by Crippen LogP contribution is -2.27. The maximum atomic E-state index is 11.6. The van der Waals surface area contributed by atoms with Gasteiger partial charge in [0.05, 0.1) is 12.7 Å². The van der Waals surface area contributed by atoms with Gasteiger partial charge in [0, 0.05) is 19.7 Å². The smallest absolute Gasteiger partial charge is 0.244 e. The third kappa shape index (κ3) is 6.50. The molecule has 0 heterocycles. The predicted octanol–water partition coefficient (Wildman–Crippen LogP) is 1.78. The van der Waals surface area contributed by atoms with Crippen LogP contribution in [0.1, 0.15) is 24.5 Å². The Labute approximate surface area is 120 Å². The van der Waals surface area contributed by atoms with Gasteiger partial charge in [0.1, 0.15) is 0 Å². The van der Waals surface area contributed by atoms with Gasteiger partial charge in [-0.2, -0.15) is 0 Å². The van der Waals surface area contributed by atoms with Crippen molar-refractivity contribution in [1.82, 2.24) is 5.32 Å². The van der Waals surface area contributed by atoms with Crippen LogP contribution in [0.2, 0.25) is 0 Å². The van der Waals surface area contributed by atoms with Crippen LogP contribution >= 0.6 is 0 Å². The zero-order chi connectivity index (χ0) is 14.8. The highest BCUT2D eigenvalue weighted by atomic mass is 16.5. The van der Waals surface area contributed by atoms with Crippen LogP contribution in [0.4, 0.5) is 0 Å². The molecular weight excluding hydrogens is 254 g/mol. The van der Waals surface area contributed by atoms with E-state index in [0.29, 0.717) is 13.0 Å². The van der Waals surface area contributed by atoms with Gasteiger partial charge in [-0.3, -0.25) is 4.79 Å². The summed E-state index contributed by atoms with van der Waals surface area (Å²) in [6.45, 7) is 2.83. The van der Waals surface area contributed by atoms with Crippen molar-refractivity contribution in [3.05, 3.63) is 41.5 Å². The Morgan fingerprint density at radius 2 is 2.10 bits per heavy atom. The van der Waals surface area contributed by atoms with E-state index in [1.807, 2.05) is 12.1 Å². The minimum absolute atomic E-state index is 0.158. The van der Waals surface area contributed by atoms with E-state index >= 15 is 0 Å². The van der Waals surface area contributed by atoms with Crippen molar-refractivity contribution in [2.24, 2.45) is 0 Å². The Bertz CT molecular complexity index is 426. The molecule has 0 spiro atoms. The fourth-order valence-corrected chi connectivity index (χ4v) is 1.73. The van der Waals surface area contributed by atoms with E-state index in [-0.39, 0.29) is 12.5 Å². The van der Waals surface area contributed by atoms with Crippen molar-refractivity contribution in [2.75, 3.05) is 20.3 Å². The second kappa shape index (κ2) is 9.28. The molecule has 0 bridgehead atoms. The molecule has 0 saturated carbocycles. The van der Waals surface area contributed by atoms with E-state index in [1.165, 1.54) is 18.7 Å². The zero-order valence-corrected chi connectivity index (χ0v) is 12.1. The highest BCUT2D eigenvalue weighted by molar-refractivity contribution is 5.91. The Morgan fingerprint density at radius 1 is 1.40 bits per heavy atom. The highest BCUT2D eigenvalue weighted by Crippen LogP contribution is 2.06. The molecule has 1 atom stereocenters. The van der Waals surface area contributed by atoms with E-state index in [1.54, 1.807) is 6.08 Å². The molecule has 0 fully saturated rings. The number of amides is 1. The minimum Gasteiger partial charge on any atom is -0.391 e. The number of ether oxygens (including phenoxy) is 1. The molecular formula is C16H23NO3. The average Bonchev–Trinajstić information content (AvgIpc) is 2.46. The van der Waals surface area contributed by atoms with Crippen molar-refractivity contribution in [3.8, 4) is 0 Å². The third-order valence-electron chi connectivity index (χ3n) is 2.95. The summed E-state index contributed by atoms with van der Waals surface area (Å²) in [5, 5.41) is 12.1. The zero-order valence-electron chi connectivity index (χ0n) is 12.1. The highest BCUT2D eigenvalue weighted by Gasteiger charge is 2.03. The van der Waals surface area contributed by atoms with Gasteiger partial charge in [0.25, 0.3) is 0 Å². The summed E-state index contributed by atoms with van der Waals surface area (Å²) in [6.07, 6.45) is 4.24. The summed E-state index contributed by atoms with van der Waals surface area (Å²) in [5.74, 6) is -0.158. The van der Waals surface area contributed by atoms with Crippen molar-refractivity contribution < 1.29 is 14.6 Å². The van der Waals surface area contributed by atoms with Gasteiger partial charge in [-0.1, -0.05) is 31.2 Å². The first-order valence-electron chi connectivity index (χ1n) is 6.87. The molecule has 0 saturated heterocycles. The topological polar surface area (TPSA) is 58.6 Å². The number of hydrogen-bond acceptors (Lipinski definition) is 3. The summed E-state index contributed by atoms with van der Waals surface area (Å²) in [6, 6.07) is 8.09. The molecule has 1 aromatic rings. The standard InChI is InChI=1S/C16H23NO3/c1-3-13-4-6-14(7-5-13)8-9-16(19)17-11-10-15(18)12-20-2/h4-9,15,18H,3,10-12H2,1-2H3,(H,17,19)/b9-8+. The Kier molecular flexibility index (Phi) is 7.62. The number of carbonyl (C=O) groups is 1. The molecule has 4 nitrogen and oxygen atoms in total. The number of carbonyl (C=O) groups excluding carboxylic acids is 1. The Hall–Kier alpha value is -1.65. The van der Waals surface area contributed by atoms with Gasteiger partial charge < -0.3 is 15.2 Å². The van der Waals surface area contributed by atoms with Gasteiger partial charge in [-0.15, -0.1) is 0 Å². The summed E-state index contributed by atoms with van der Waals surface area (Å²) in [7, 11) is 1.54. The molecule has 4 heteroatoms. The first-order valence-corrected chi connectivity index (χ1v) is 6.87. The number of rotatable bonds is 8. The fourth-order valence-electron chi connectivity index (χ4n) is 1.73. The van der Waals surface area contributed by atoms with Crippen LogP contribution in [0.3, 0.4) is 0 Å².